The highest BCUT2D eigenvalue weighted by atomic mass is 35.5. The van der Waals surface area contributed by atoms with Crippen LogP contribution in [0.2, 0.25) is 5.02 Å². The topological polar surface area (TPSA) is 120 Å². The smallest absolute Gasteiger partial charge is 0.407 e. The molecule has 1 saturated heterocycles. The van der Waals surface area contributed by atoms with Gasteiger partial charge in [0.05, 0.1) is 22.9 Å². The molecule has 1 heterocycles. The van der Waals surface area contributed by atoms with Crippen molar-refractivity contribution in [1.82, 2.24) is 10.6 Å². The van der Waals surface area contributed by atoms with Gasteiger partial charge in [-0.3, -0.25) is 13.9 Å². The molecule has 0 saturated carbocycles. The van der Waals surface area contributed by atoms with E-state index in [2.05, 4.69) is 16.0 Å². The van der Waals surface area contributed by atoms with Gasteiger partial charge in [-0.15, -0.1) is 0 Å². The van der Waals surface area contributed by atoms with Crippen molar-refractivity contribution in [3.8, 4) is 0 Å². The van der Waals surface area contributed by atoms with Gasteiger partial charge in [-0.05, 0) is 48.7 Å². The number of carbonyl (C=O) groups is 2. The number of amides is 2. The van der Waals surface area contributed by atoms with Gasteiger partial charge < -0.3 is 20.7 Å². The van der Waals surface area contributed by atoms with Gasteiger partial charge >= 0.3 is 6.09 Å². The van der Waals surface area contributed by atoms with Crippen LogP contribution in [0.3, 0.4) is 0 Å². The van der Waals surface area contributed by atoms with E-state index in [9.17, 15) is 27.5 Å². The van der Waals surface area contributed by atoms with Crippen molar-refractivity contribution in [1.29, 1.82) is 0 Å². The summed E-state index contributed by atoms with van der Waals surface area (Å²) in [5.74, 6) is -1.32. The number of hydrogen-bond acceptors (Lipinski definition) is 6. The van der Waals surface area contributed by atoms with Crippen LogP contribution in [0.5, 0.6) is 0 Å². The number of hydrogen-bond donors (Lipinski definition) is 5. The molecule has 12 heteroatoms. The number of rotatable bonds is 5. The predicted octanol–water partition coefficient (Wildman–Crippen LogP) is 4.31. The number of ether oxygens (including phenoxy) is 1. The lowest BCUT2D eigenvalue weighted by Crippen LogP contribution is -2.46. The van der Waals surface area contributed by atoms with Crippen LogP contribution in [0.1, 0.15) is 33.9 Å². The zero-order valence-electron chi connectivity index (χ0n) is 17.9. The van der Waals surface area contributed by atoms with E-state index in [-0.39, 0.29) is 40.3 Å². The third-order valence-electron chi connectivity index (χ3n) is 5.80. The van der Waals surface area contributed by atoms with E-state index >= 15 is 0 Å². The van der Waals surface area contributed by atoms with Crippen LogP contribution in [-0.4, -0.2) is 51.8 Å². The summed E-state index contributed by atoms with van der Waals surface area (Å²) in [6, 6.07) is 5.23. The molecule has 2 aromatic rings. The number of fused-ring (bicyclic) bond motifs is 1. The van der Waals surface area contributed by atoms with Gasteiger partial charge in [0, 0.05) is 29.1 Å². The Bertz CT molecular complexity index is 1120. The zero-order chi connectivity index (χ0) is 24.5. The third kappa shape index (κ3) is 5.61. The van der Waals surface area contributed by atoms with Gasteiger partial charge in [0.15, 0.2) is 0 Å². The molecular formula is C22H24ClF2N3O5S. The fourth-order valence-electron chi connectivity index (χ4n) is 4.20. The number of halogens is 3. The molecule has 0 bridgehead atoms. The van der Waals surface area contributed by atoms with E-state index < -0.39 is 40.3 Å². The number of anilines is 1. The maximum atomic E-state index is 14.7. The Kier molecular flexibility index (Phi) is 7.29. The first-order chi connectivity index (χ1) is 16.1. The lowest BCUT2D eigenvalue weighted by molar-refractivity contribution is 0.102. The molecule has 0 spiro atoms. The second-order valence-electron chi connectivity index (χ2n) is 8.23. The molecule has 1 fully saturated rings. The molecule has 1 aliphatic carbocycles. The van der Waals surface area contributed by atoms with Crippen molar-refractivity contribution in [3.05, 3.63) is 63.7 Å². The van der Waals surface area contributed by atoms with Gasteiger partial charge in [0.2, 0.25) is 0 Å². The molecule has 0 radical (unpaired) electrons. The summed E-state index contributed by atoms with van der Waals surface area (Å²) < 4.78 is 52.9. The Labute approximate surface area is 201 Å². The van der Waals surface area contributed by atoms with Crippen molar-refractivity contribution in [3.63, 3.8) is 0 Å². The molecule has 0 aromatic heterocycles. The highest BCUT2D eigenvalue weighted by Crippen LogP contribution is 2.40. The van der Waals surface area contributed by atoms with E-state index in [0.717, 1.165) is 12.1 Å². The summed E-state index contributed by atoms with van der Waals surface area (Å²) >= 11 is 5.76. The average Bonchev–Trinajstić information content (AvgIpc) is 3.19. The minimum atomic E-state index is -2.68. The van der Waals surface area contributed by atoms with Crippen LogP contribution >= 0.6 is 22.2 Å². The Morgan fingerprint density at radius 1 is 1.21 bits per heavy atom. The molecule has 2 aromatic carbocycles. The molecule has 2 amide bonds. The predicted molar refractivity (Wildman–Crippen MR) is 126 cm³/mol. The molecule has 184 valence electrons. The maximum Gasteiger partial charge on any atom is 0.407 e. The molecule has 2 atom stereocenters. The van der Waals surface area contributed by atoms with Crippen molar-refractivity contribution in [2.24, 2.45) is 0 Å². The summed E-state index contributed by atoms with van der Waals surface area (Å²) in [6.45, 7) is 0.348. The van der Waals surface area contributed by atoms with Gasteiger partial charge in [-0.25, -0.2) is 13.6 Å². The van der Waals surface area contributed by atoms with Crippen molar-refractivity contribution in [2.75, 3.05) is 30.0 Å². The van der Waals surface area contributed by atoms with Gasteiger partial charge in [0.25, 0.3) is 5.91 Å². The van der Waals surface area contributed by atoms with Crippen molar-refractivity contribution < 1.29 is 32.2 Å². The molecule has 1 aliphatic heterocycles. The summed E-state index contributed by atoms with van der Waals surface area (Å²) in [6.07, 6.45) is -0.0383. The van der Waals surface area contributed by atoms with Gasteiger partial charge in [0.1, 0.15) is 18.2 Å². The number of nitrogens with one attached hydrogen (secondary N) is 3. The highest BCUT2D eigenvalue weighted by molar-refractivity contribution is 8.24. The Balaban J connectivity index is 1.41. The summed E-state index contributed by atoms with van der Waals surface area (Å²) in [7, 11) is -2.68. The Morgan fingerprint density at radius 2 is 1.97 bits per heavy atom. The monoisotopic (exact) mass is 515 g/mol. The lowest BCUT2D eigenvalue weighted by atomic mass is 10.0. The maximum absolute atomic E-state index is 14.7. The van der Waals surface area contributed by atoms with E-state index in [4.69, 9.17) is 16.3 Å². The van der Waals surface area contributed by atoms with E-state index in [0.29, 0.717) is 30.6 Å². The number of benzene rings is 2. The van der Waals surface area contributed by atoms with Crippen LogP contribution in [0.15, 0.2) is 30.3 Å². The highest BCUT2D eigenvalue weighted by Gasteiger charge is 2.32. The first-order valence-electron chi connectivity index (χ1n) is 10.6. The van der Waals surface area contributed by atoms with Crippen molar-refractivity contribution >= 4 is 39.9 Å². The third-order valence-corrected chi connectivity index (χ3v) is 7.88. The fraction of sp³-hybridized carbons (Fsp3) is 0.364. The van der Waals surface area contributed by atoms with Gasteiger partial charge in [-0.1, -0.05) is 11.6 Å². The standard InChI is InChI=1S/C22H24ClF2N3O5S/c23-16-9-12(1-4-17(16)24)27-21(29)15-2-5-18(25)20-14(15)3-6-19(20)28-22(30)33-10-13-11-34(31,32)8-7-26-13/h1-2,4-5,9,13,19,26,31-32H,3,6-8,10-11H2,(H,27,29)(H,28,30)/t13?,19-/m0/s1. The van der Waals surface area contributed by atoms with Gasteiger partial charge in [-0.2, -0.15) is 10.6 Å². The summed E-state index contributed by atoms with van der Waals surface area (Å²) in [4.78, 5) is 25.1. The van der Waals surface area contributed by atoms with Crippen LogP contribution in [-0.2, 0) is 11.2 Å². The molecule has 8 nitrogen and oxygen atoms in total. The number of carbonyl (C=O) groups excluding carboxylic acids is 2. The summed E-state index contributed by atoms with van der Waals surface area (Å²) in [5, 5.41) is 8.17. The van der Waals surface area contributed by atoms with E-state index in [1.165, 1.54) is 18.2 Å². The van der Waals surface area contributed by atoms with Crippen LogP contribution in [0.25, 0.3) is 0 Å². The largest absolute Gasteiger partial charge is 0.448 e. The Morgan fingerprint density at radius 3 is 2.71 bits per heavy atom. The van der Waals surface area contributed by atoms with E-state index in [1.807, 2.05) is 0 Å². The Hall–Kier alpha value is -2.44. The number of alkyl carbamates (subject to hydrolysis) is 1. The average molecular weight is 516 g/mol. The van der Waals surface area contributed by atoms with Crippen LogP contribution in [0.4, 0.5) is 19.3 Å². The summed E-state index contributed by atoms with van der Waals surface area (Å²) in [5.41, 5.74) is 1.22. The molecule has 1 unspecified atom stereocenters. The second-order valence-corrected chi connectivity index (χ2v) is 11.0. The normalized spacial score (nSPS) is 21.9. The zero-order valence-corrected chi connectivity index (χ0v) is 19.5. The lowest BCUT2D eigenvalue weighted by Gasteiger charge is -2.40. The van der Waals surface area contributed by atoms with Crippen LogP contribution in [0, 0.1) is 11.6 Å². The molecule has 5 N–H and O–H groups in total. The first kappa shape index (κ1) is 24.7. The molecule has 2 aliphatic rings. The van der Waals surface area contributed by atoms with E-state index in [1.54, 1.807) is 0 Å². The molecular weight excluding hydrogens is 492 g/mol. The van der Waals surface area contributed by atoms with Crippen molar-refractivity contribution in [2.45, 2.75) is 24.9 Å². The SMILES string of the molecule is O=C(N[C@H]1CCc2c(C(=O)Nc3ccc(F)c(Cl)c3)ccc(F)c21)OCC1CS(O)(O)CCN1. The second kappa shape index (κ2) is 10.0. The molecule has 4 rings (SSSR count). The minimum absolute atomic E-state index is 0.0631. The van der Waals surface area contributed by atoms with Crippen LogP contribution < -0.4 is 16.0 Å². The molecule has 34 heavy (non-hydrogen) atoms. The quantitative estimate of drug-likeness (QED) is 0.405. The minimum Gasteiger partial charge on any atom is -0.448 e. The first-order valence-corrected chi connectivity index (χ1v) is 12.9. The fourth-order valence-corrected chi connectivity index (χ4v) is 5.85.